The van der Waals surface area contributed by atoms with Crippen molar-refractivity contribution in [1.29, 1.82) is 0 Å². The van der Waals surface area contributed by atoms with Crippen LogP contribution in [0.4, 0.5) is 0 Å². The fraction of sp³-hybridized carbons (Fsp3) is 0.571. The normalized spacial score (nSPS) is 30.1. The highest BCUT2D eigenvalue weighted by Gasteiger charge is 2.42. The zero-order chi connectivity index (χ0) is 11.2. The molecule has 2 aliphatic heterocycles. The first kappa shape index (κ1) is 13.1. The van der Waals surface area contributed by atoms with Crippen molar-refractivity contribution < 1.29 is 33.2 Å². The Kier molecular flexibility index (Phi) is 3.69. The summed E-state index contributed by atoms with van der Waals surface area (Å²) in [6.07, 6.45) is 3.95. The summed E-state index contributed by atoms with van der Waals surface area (Å²) in [5, 5.41) is 0. The van der Waals surface area contributed by atoms with E-state index in [2.05, 4.69) is 25.2 Å². The molecule has 0 spiro atoms. The van der Waals surface area contributed by atoms with E-state index in [9.17, 15) is 0 Å². The van der Waals surface area contributed by atoms with Crippen molar-refractivity contribution in [2.75, 3.05) is 27.2 Å². The van der Waals surface area contributed by atoms with Gasteiger partial charge in [0.25, 0.3) is 0 Å². The lowest BCUT2D eigenvalue weighted by Gasteiger charge is -2.41. The molecule has 0 bridgehead atoms. The van der Waals surface area contributed by atoms with Crippen LogP contribution in [0.25, 0.3) is 0 Å². The van der Waals surface area contributed by atoms with E-state index in [1.807, 2.05) is 0 Å². The van der Waals surface area contributed by atoms with Gasteiger partial charge < -0.3 is 33.2 Å². The number of likely N-dealkylation sites (N-methyl/N-ethyl adjacent to an activating group) is 1. The molecule has 2 atom stereocenters. The van der Waals surface area contributed by atoms with E-state index in [4.69, 9.17) is 4.74 Å². The molecule has 0 radical (unpaired) electrons. The van der Waals surface area contributed by atoms with Gasteiger partial charge in [-0.25, -0.2) is 0 Å². The molecule has 1 saturated heterocycles. The van der Waals surface area contributed by atoms with Gasteiger partial charge >= 0.3 is 0 Å². The van der Waals surface area contributed by atoms with Crippen LogP contribution in [0.15, 0.2) is 18.2 Å². The first-order valence-corrected chi connectivity index (χ1v) is 6.24. The number of benzene rings is 1. The third-order valence-corrected chi connectivity index (χ3v) is 4.50. The van der Waals surface area contributed by atoms with Crippen LogP contribution in [0.3, 0.4) is 0 Å². The van der Waals surface area contributed by atoms with Crippen LogP contribution in [0.5, 0.6) is 5.75 Å². The van der Waals surface area contributed by atoms with Crippen LogP contribution in [-0.4, -0.2) is 31.7 Å². The summed E-state index contributed by atoms with van der Waals surface area (Å²) in [4.78, 5) is 0. The maximum atomic E-state index is 5.35. The number of hydrogen-bond acceptors (Lipinski definition) is 1. The van der Waals surface area contributed by atoms with Gasteiger partial charge in [-0.3, -0.25) is 0 Å². The highest BCUT2D eigenvalue weighted by atomic mass is 127. The highest BCUT2D eigenvalue weighted by Crippen LogP contribution is 2.43. The zero-order valence-electron chi connectivity index (χ0n) is 10.6. The van der Waals surface area contributed by atoms with Gasteiger partial charge in [0.05, 0.1) is 27.2 Å². The first-order valence-electron chi connectivity index (χ1n) is 6.24. The molecular weight excluding hydrogens is 325 g/mol. The summed E-state index contributed by atoms with van der Waals surface area (Å²) >= 11 is 0. The van der Waals surface area contributed by atoms with Gasteiger partial charge in [0.1, 0.15) is 11.8 Å². The minimum atomic E-state index is 0. The number of methoxy groups -OCH3 is 1. The minimum Gasteiger partial charge on any atom is -1.00 e. The van der Waals surface area contributed by atoms with Crippen molar-refractivity contribution >= 4 is 0 Å². The first-order chi connectivity index (χ1) is 7.73. The van der Waals surface area contributed by atoms with Crippen molar-refractivity contribution in [2.24, 2.45) is 0 Å². The molecule has 1 aromatic rings. The summed E-state index contributed by atoms with van der Waals surface area (Å²) in [7, 11) is 4.17. The van der Waals surface area contributed by atoms with Gasteiger partial charge in [-0.1, -0.05) is 6.07 Å². The van der Waals surface area contributed by atoms with Crippen molar-refractivity contribution in [3.8, 4) is 5.75 Å². The second-order valence-electron chi connectivity index (χ2n) is 5.40. The lowest BCUT2D eigenvalue weighted by atomic mass is 9.91. The lowest BCUT2D eigenvalue weighted by Crippen LogP contribution is -3.00. The molecule has 0 aliphatic carbocycles. The predicted octanol–water partition coefficient (Wildman–Crippen LogP) is -0.463. The molecule has 2 unspecified atom stereocenters. The molecule has 94 valence electrons. The molecule has 3 heteroatoms. The molecule has 0 N–H and O–H groups in total. The SMILES string of the molecule is COc1ccc2c(c1)C1CCC[N+]1(C)CC2.[I-]. The summed E-state index contributed by atoms with van der Waals surface area (Å²) in [5.41, 5.74) is 3.09. The lowest BCUT2D eigenvalue weighted by molar-refractivity contribution is -0.928. The van der Waals surface area contributed by atoms with Crippen LogP contribution >= 0.6 is 0 Å². The topological polar surface area (TPSA) is 9.23 Å². The molecule has 3 rings (SSSR count). The van der Waals surface area contributed by atoms with Crippen molar-refractivity contribution in [2.45, 2.75) is 25.3 Å². The van der Waals surface area contributed by atoms with E-state index in [1.165, 1.54) is 36.8 Å². The quantitative estimate of drug-likeness (QED) is 0.494. The van der Waals surface area contributed by atoms with Crippen LogP contribution < -0.4 is 28.7 Å². The van der Waals surface area contributed by atoms with Gasteiger partial charge in [-0.2, -0.15) is 0 Å². The van der Waals surface area contributed by atoms with E-state index in [1.54, 1.807) is 18.2 Å². The standard InChI is InChI=1S/C14H20NO.HI/c1-15-8-3-4-14(15)13-10-12(16-2)6-5-11(13)7-9-15;/h5-6,10,14H,3-4,7-9H2,1-2H3;1H/q+1;/p-1. The Morgan fingerprint density at radius 3 is 2.88 bits per heavy atom. The molecule has 1 aromatic carbocycles. The van der Waals surface area contributed by atoms with E-state index in [-0.39, 0.29) is 24.0 Å². The van der Waals surface area contributed by atoms with Crippen molar-refractivity contribution in [1.82, 2.24) is 0 Å². The number of halogens is 1. The number of quaternary nitrogens is 1. The minimum absolute atomic E-state index is 0. The van der Waals surface area contributed by atoms with Crippen LogP contribution in [0.1, 0.15) is 30.0 Å². The molecule has 17 heavy (non-hydrogen) atoms. The van der Waals surface area contributed by atoms with E-state index in [0.717, 1.165) is 11.8 Å². The van der Waals surface area contributed by atoms with Gasteiger partial charge in [-0.15, -0.1) is 0 Å². The van der Waals surface area contributed by atoms with Gasteiger partial charge in [-0.05, 0) is 17.7 Å². The van der Waals surface area contributed by atoms with Gasteiger partial charge in [0.2, 0.25) is 0 Å². The largest absolute Gasteiger partial charge is 1.00 e. The summed E-state index contributed by atoms with van der Waals surface area (Å²) in [6, 6.07) is 7.35. The smallest absolute Gasteiger partial charge is 0.119 e. The predicted molar refractivity (Wildman–Crippen MR) is 64.6 cm³/mol. The molecule has 2 heterocycles. The molecule has 0 amide bonds. The third kappa shape index (κ3) is 2.08. The van der Waals surface area contributed by atoms with Crippen molar-refractivity contribution in [3.05, 3.63) is 29.3 Å². The highest BCUT2D eigenvalue weighted by molar-refractivity contribution is 5.38. The third-order valence-electron chi connectivity index (χ3n) is 4.50. The van der Waals surface area contributed by atoms with Gasteiger partial charge in [0.15, 0.2) is 0 Å². The summed E-state index contributed by atoms with van der Waals surface area (Å²) < 4.78 is 6.60. The van der Waals surface area contributed by atoms with Gasteiger partial charge in [0, 0.05) is 24.8 Å². The molecule has 2 aliphatic rings. The Balaban J connectivity index is 0.00000108. The fourth-order valence-electron chi connectivity index (χ4n) is 3.49. The van der Waals surface area contributed by atoms with Crippen molar-refractivity contribution in [3.63, 3.8) is 0 Å². The van der Waals surface area contributed by atoms with Crippen LogP contribution in [0, 0.1) is 0 Å². The molecule has 0 saturated carbocycles. The maximum Gasteiger partial charge on any atom is 0.119 e. The van der Waals surface area contributed by atoms with E-state index < -0.39 is 0 Å². The Morgan fingerprint density at radius 2 is 2.12 bits per heavy atom. The number of fused-ring (bicyclic) bond motifs is 3. The Labute approximate surface area is 121 Å². The maximum absolute atomic E-state index is 5.35. The average Bonchev–Trinajstić information content (AvgIpc) is 2.70. The summed E-state index contributed by atoms with van der Waals surface area (Å²) in [6.45, 7) is 2.66. The average molecular weight is 345 g/mol. The monoisotopic (exact) mass is 345 g/mol. The number of hydrogen-bond donors (Lipinski definition) is 0. The number of rotatable bonds is 1. The molecule has 2 nitrogen and oxygen atoms in total. The second kappa shape index (κ2) is 4.76. The Hall–Kier alpha value is -0.290. The van der Waals surface area contributed by atoms with E-state index >= 15 is 0 Å². The van der Waals surface area contributed by atoms with Crippen LogP contribution in [-0.2, 0) is 6.42 Å². The Bertz CT molecular complexity index is 421. The summed E-state index contributed by atoms with van der Waals surface area (Å²) in [5.74, 6) is 1.01. The Morgan fingerprint density at radius 1 is 1.29 bits per heavy atom. The second-order valence-corrected chi connectivity index (χ2v) is 5.40. The number of ether oxygens (including phenoxy) is 1. The zero-order valence-corrected chi connectivity index (χ0v) is 12.7. The molecular formula is C14H20INO. The van der Waals surface area contributed by atoms with Crippen LogP contribution in [0.2, 0.25) is 0 Å². The molecule has 1 fully saturated rings. The number of nitrogens with zero attached hydrogens (tertiary/aromatic N) is 1. The fourth-order valence-corrected chi connectivity index (χ4v) is 3.49. The molecule has 0 aromatic heterocycles. The van der Waals surface area contributed by atoms with E-state index in [0.29, 0.717) is 0 Å².